The molecule has 0 spiro atoms. The van der Waals surface area contributed by atoms with Crippen LogP contribution in [-0.2, 0) is 6.54 Å². The molecule has 0 aliphatic carbocycles. The molecule has 1 N–H and O–H groups in total. The van der Waals surface area contributed by atoms with Gasteiger partial charge in [0.15, 0.2) is 0 Å². The molecule has 92 valence electrons. The summed E-state index contributed by atoms with van der Waals surface area (Å²) in [7, 11) is 0. The fraction of sp³-hybridized carbons (Fsp3) is 0.500. The molecule has 4 nitrogen and oxygen atoms in total. The first-order valence-electron chi connectivity index (χ1n) is 5.81. The van der Waals surface area contributed by atoms with Crippen LogP contribution in [0.5, 0.6) is 0 Å². The molecule has 17 heavy (non-hydrogen) atoms. The van der Waals surface area contributed by atoms with Gasteiger partial charge in [-0.3, -0.25) is 4.68 Å². The first-order chi connectivity index (χ1) is 8.16. The zero-order valence-corrected chi connectivity index (χ0v) is 11.3. The van der Waals surface area contributed by atoms with Crippen LogP contribution in [-0.4, -0.2) is 21.3 Å². The van der Waals surface area contributed by atoms with Crippen molar-refractivity contribution in [2.75, 3.05) is 6.54 Å². The number of nitrogens with zero attached hydrogens (tertiary/aromatic N) is 3. The minimum atomic E-state index is 0.301. The van der Waals surface area contributed by atoms with Crippen LogP contribution in [0.2, 0.25) is 0 Å². The van der Waals surface area contributed by atoms with Gasteiger partial charge in [0.1, 0.15) is 0 Å². The van der Waals surface area contributed by atoms with E-state index in [4.69, 9.17) is 0 Å². The second kappa shape index (κ2) is 5.42. The van der Waals surface area contributed by atoms with E-state index in [0.29, 0.717) is 6.04 Å². The molecule has 2 rings (SSSR count). The molecule has 0 aliphatic rings. The predicted octanol–water partition coefficient (Wildman–Crippen LogP) is 2.31. The third-order valence-electron chi connectivity index (χ3n) is 2.70. The van der Waals surface area contributed by atoms with E-state index in [2.05, 4.69) is 36.2 Å². The van der Waals surface area contributed by atoms with E-state index in [1.54, 1.807) is 17.5 Å². The maximum Gasteiger partial charge on any atom is 0.0900 e. The lowest BCUT2D eigenvalue weighted by atomic mass is 10.2. The van der Waals surface area contributed by atoms with E-state index in [0.717, 1.165) is 18.1 Å². The van der Waals surface area contributed by atoms with Gasteiger partial charge in [-0.2, -0.15) is 5.10 Å². The Morgan fingerprint density at radius 3 is 2.88 bits per heavy atom. The maximum atomic E-state index is 4.56. The summed E-state index contributed by atoms with van der Waals surface area (Å²) < 4.78 is 1.93. The quantitative estimate of drug-likeness (QED) is 0.885. The largest absolute Gasteiger partial charge is 0.307 e. The Morgan fingerprint density at radius 1 is 1.47 bits per heavy atom. The Bertz CT molecular complexity index is 461. The first-order valence-corrected chi connectivity index (χ1v) is 6.63. The summed E-state index contributed by atoms with van der Waals surface area (Å²) in [6, 6.07) is 2.24. The average molecular weight is 250 g/mol. The highest BCUT2D eigenvalue weighted by molar-refractivity contribution is 7.11. The zero-order valence-electron chi connectivity index (χ0n) is 10.5. The van der Waals surface area contributed by atoms with Crippen molar-refractivity contribution in [3.05, 3.63) is 34.0 Å². The van der Waals surface area contributed by atoms with Gasteiger partial charge in [0.05, 0.1) is 17.2 Å². The molecule has 0 saturated carbocycles. The Hall–Kier alpha value is -1.20. The van der Waals surface area contributed by atoms with Crippen molar-refractivity contribution in [2.24, 2.45) is 0 Å². The third-order valence-corrected chi connectivity index (χ3v) is 3.60. The van der Waals surface area contributed by atoms with Crippen molar-refractivity contribution >= 4 is 11.3 Å². The number of rotatable bonds is 5. The van der Waals surface area contributed by atoms with Crippen molar-refractivity contribution in [3.8, 4) is 0 Å². The molecule has 0 saturated heterocycles. The standard InChI is InChI=1S/C12H18N4S/c1-9(12-10(2)17-11(3)15-12)13-6-8-16-7-4-5-14-16/h4-5,7,9,13H,6,8H2,1-3H3. The van der Waals surface area contributed by atoms with E-state index >= 15 is 0 Å². The molecule has 0 aliphatic heterocycles. The molecule has 0 fully saturated rings. The first kappa shape index (κ1) is 12.3. The molecule has 0 radical (unpaired) electrons. The zero-order chi connectivity index (χ0) is 12.3. The SMILES string of the molecule is Cc1nc(C(C)NCCn2cccn2)c(C)s1. The Morgan fingerprint density at radius 2 is 2.29 bits per heavy atom. The summed E-state index contributed by atoms with van der Waals surface area (Å²) in [6.45, 7) is 8.13. The van der Waals surface area contributed by atoms with Gasteiger partial charge >= 0.3 is 0 Å². The molecular formula is C12H18N4S. The van der Waals surface area contributed by atoms with E-state index in [9.17, 15) is 0 Å². The summed E-state index contributed by atoms with van der Waals surface area (Å²) in [4.78, 5) is 5.87. The van der Waals surface area contributed by atoms with Gasteiger partial charge in [0, 0.05) is 29.9 Å². The Balaban J connectivity index is 1.85. The molecule has 0 amide bonds. The highest BCUT2D eigenvalue weighted by Crippen LogP contribution is 2.22. The van der Waals surface area contributed by atoms with Crippen molar-refractivity contribution in [1.82, 2.24) is 20.1 Å². The summed E-state index contributed by atoms with van der Waals surface area (Å²) in [5.41, 5.74) is 1.17. The van der Waals surface area contributed by atoms with Gasteiger partial charge in [0.25, 0.3) is 0 Å². The molecule has 2 aromatic heterocycles. The molecule has 5 heteroatoms. The van der Waals surface area contributed by atoms with Crippen molar-refractivity contribution in [1.29, 1.82) is 0 Å². The smallest absolute Gasteiger partial charge is 0.0900 e. The molecule has 2 aromatic rings. The summed E-state index contributed by atoms with van der Waals surface area (Å²) in [5, 5.41) is 8.78. The van der Waals surface area contributed by atoms with E-state index in [-0.39, 0.29) is 0 Å². The second-order valence-electron chi connectivity index (χ2n) is 4.12. The minimum absolute atomic E-state index is 0.301. The topological polar surface area (TPSA) is 42.7 Å². The monoisotopic (exact) mass is 250 g/mol. The Kier molecular flexibility index (Phi) is 3.91. The molecule has 1 atom stereocenters. The summed E-state index contributed by atoms with van der Waals surface area (Å²) >= 11 is 1.76. The van der Waals surface area contributed by atoms with E-state index < -0.39 is 0 Å². The van der Waals surface area contributed by atoms with Crippen LogP contribution in [0.3, 0.4) is 0 Å². The fourth-order valence-electron chi connectivity index (χ4n) is 1.87. The van der Waals surface area contributed by atoms with Crippen molar-refractivity contribution in [2.45, 2.75) is 33.4 Å². The molecule has 2 heterocycles. The van der Waals surface area contributed by atoms with Gasteiger partial charge in [-0.05, 0) is 26.8 Å². The van der Waals surface area contributed by atoms with Crippen LogP contribution in [0.25, 0.3) is 0 Å². The highest BCUT2D eigenvalue weighted by atomic mass is 32.1. The summed E-state index contributed by atoms with van der Waals surface area (Å²) in [5.74, 6) is 0. The highest BCUT2D eigenvalue weighted by Gasteiger charge is 2.11. The van der Waals surface area contributed by atoms with Crippen LogP contribution >= 0.6 is 11.3 Å². The van der Waals surface area contributed by atoms with Gasteiger partial charge < -0.3 is 5.32 Å². The Labute approximate surface area is 106 Å². The molecular weight excluding hydrogens is 232 g/mol. The van der Waals surface area contributed by atoms with Crippen LogP contribution in [0.1, 0.15) is 28.5 Å². The van der Waals surface area contributed by atoms with E-state index in [1.807, 2.05) is 16.9 Å². The van der Waals surface area contributed by atoms with Crippen molar-refractivity contribution < 1.29 is 0 Å². The van der Waals surface area contributed by atoms with Gasteiger partial charge in [-0.25, -0.2) is 4.98 Å². The van der Waals surface area contributed by atoms with Crippen LogP contribution in [0.4, 0.5) is 0 Å². The second-order valence-corrected chi connectivity index (χ2v) is 5.53. The van der Waals surface area contributed by atoms with Gasteiger partial charge in [-0.1, -0.05) is 0 Å². The lowest BCUT2D eigenvalue weighted by Gasteiger charge is -2.12. The number of aryl methyl sites for hydroxylation is 2. The predicted molar refractivity (Wildman–Crippen MR) is 70.2 cm³/mol. The molecule has 1 unspecified atom stereocenters. The van der Waals surface area contributed by atoms with Crippen LogP contribution in [0.15, 0.2) is 18.5 Å². The maximum absolute atomic E-state index is 4.56. The van der Waals surface area contributed by atoms with Crippen LogP contribution < -0.4 is 5.32 Å². The molecule has 0 bridgehead atoms. The number of thiazole rings is 1. The number of nitrogens with one attached hydrogen (secondary N) is 1. The number of hydrogen-bond acceptors (Lipinski definition) is 4. The number of hydrogen-bond donors (Lipinski definition) is 1. The fourth-order valence-corrected chi connectivity index (χ4v) is 2.79. The summed E-state index contributed by atoms with van der Waals surface area (Å²) in [6.07, 6.45) is 3.78. The normalized spacial score (nSPS) is 12.9. The van der Waals surface area contributed by atoms with Gasteiger partial charge in [0.2, 0.25) is 0 Å². The van der Waals surface area contributed by atoms with Crippen LogP contribution in [0, 0.1) is 13.8 Å². The lowest BCUT2D eigenvalue weighted by molar-refractivity contribution is 0.501. The average Bonchev–Trinajstić information content (AvgIpc) is 2.88. The van der Waals surface area contributed by atoms with E-state index in [1.165, 1.54) is 10.6 Å². The minimum Gasteiger partial charge on any atom is -0.307 e. The van der Waals surface area contributed by atoms with Crippen molar-refractivity contribution in [3.63, 3.8) is 0 Å². The molecule has 0 aromatic carbocycles. The number of aromatic nitrogens is 3. The lowest BCUT2D eigenvalue weighted by Crippen LogP contribution is -2.24. The van der Waals surface area contributed by atoms with Gasteiger partial charge in [-0.15, -0.1) is 11.3 Å². The third kappa shape index (κ3) is 3.14.